The maximum Gasteiger partial charge on any atom is 0.410 e. The molecule has 1 aliphatic rings. The Balaban J connectivity index is 1.91. The number of carbonyl (C=O) groups is 1. The van der Waals surface area contributed by atoms with Crippen molar-refractivity contribution in [3.05, 3.63) is 28.2 Å². The van der Waals surface area contributed by atoms with Gasteiger partial charge in [0.1, 0.15) is 11.4 Å². The van der Waals surface area contributed by atoms with Gasteiger partial charge in [-0.2, -0.15) is 0 Å². The van der Waals surface area contributed by atoms with Crippen molar-refractivity contribution >= 4 is 22.0 Å². The van der Waals surface area contributed by atoms with Crippen LogP contribution in [0.15, 0.2) is 22.7 Å². The molecule has 1 aliphatic heterocycles. The zero-order chi connectivity index (χ0) is 17.7. The summed E-state index contributed by atoms with van der Waals surface area (Å²) < 4.78 is 12.2. The molecule has 0 radical (unpaired) electrons. The second kappa shape index (κ2) is 8.21. The average molecular weight is 399 g/mol. The van der Waals surface area contributed by atoms with Gasteiger partial charge in [-0.1, -0.05) is 15.9 Å². The first-order chi connectivity index (χ1) is 11.3. The van der Waals surface area contributed by atoms with Gasteiger partial charge in [-0.05, 0) is 45.9 Å². The summed E-state index contributed by atoms with van der Waals surface area (Å²) in [7, 11) is 0. The standard InChI is InChI=1S/C18H27BrN2O3/c1-5-23-16-7-6-15(19)12-14(16)13-20-8-10-21(11-9-20)17(22)24-18(2,3)4/h6-7,12H,5,8-11,13H2,1-4H3. The number of hydrogen-bond donors (Lipinski definition) is 0. The number of halogens is 1. The second-order valence-corrected chi connectivity index (χ2v) is 7.84. The van der Waals surface area contributed by atoms with Crippen LogP contribution < -0.4 is 4.74 Å². The predicted molar refractivity (Wildman–Crippen MR) is 98.4 cm³/mol. The minimum atomic E-state index is -0.447. The summed E-state index contributed by atoms with van der Waals surface area (Å²) in [5, 5.41) is 0. The third kappa shape index (κ3) is 5.67. The highest BCUT2D eigenvalue weighted by Gasteiger charge is 2.26. The summed E-state index contributed by atoms with van der Waals surface area (Å²) in [5.74, 6) is 0.926. The van der Waals surface area contributed by atoms with Gasteiger partial charge < -0.3 is 14.4 Å². The lowest BCUT2D eigenvalue weighted by Gasteiger charge is -2.35. The van der Waals surface area contributed by atoms with Gasteiger partial charge in [0, 0.05) is 42.8 Å². The number of ether oxygens (including phenoxy) is 2. The van der Waals surface area contributed by atoms with Crippen molar-refractivity contribution in [2.24, 2.45) is 0 Å². The lowest BCUT2D eigenvalue weighted by molar-refractivity contribution is 0.0138. The first kappa shape index (κ1) is 19.1. The van der Waals surface area contributed by atoms with Gasteiger partial charge in [-0.15, -0.1) is 0 Å². The quantitative estimate of drug-likeness (QED) is 0.770. The van der Waals surface area contributed by atoms with E-state index in [1.165, 1.54) is 0 Å². The molecular weight excluding hydrogens is 372 g/mol. The van der Waals surface area contributed by atoms with Crippen LogP contribution in [0.3, 0.4) is 0 Å². The average Bonchev–Trinajstić information content (AvgIpc) is 2.49. The Bertz CT molecular complexity index is 564. The van der Waals surface area contributed by atoms with Crippen LogP contribution in [-0.2, 0) is 11.3 Å². The highest BCUT2D eigenvalue weighted by atomic mass is 79.9. The van der Waals surface area contributed by atoms with E-state index in [0.29, 0.717) is 19.7 Å². The number of carbonyl (C=O) groups excluding carboxylic acids is 1. The zero-order valence-electron chi connectivity index (χ0n) is 15.0. The number of rotatable bonds is 4. The van der Waals surface area contributed by atoms with E-state index in [9.17, 15) is 4.79 Å². The van der Waals surface area contributed by atoms with Gasteiger partial charge >= 0.3 is 6.09 Å². The van der Waals surface area contributed by atoms with Gasteiger partial charge in [-0.3, -0.25) is 4.90 Å². The summed E-state index contributed by atoms with van der Waals surface area (Å²) in [6, 6.07) is 6.10. The summed E-state index contributed by atoms with van der Waals surface area (Å²) in [4.78, 5) is 16.2. The van der Waals surface area contributed by atoms with Crippen molar-refractivity contribution in [2.45, 2.75) is 39.8 Å². The molecule has 24 heavy (non-hydrogen) atoms. The molecule has 2 rings (SSSR count). The molecular formula is C18H27BrN2O3. The molecule has 0 aliphatic carbocycles. The van der Waals surface area contributed by atoms with Crippen LogP contribution in [0.4, 0.5) is 4.79 Å². The maximum absolute atomic E-state index is 12.1. The Hall–Kier alpha value is -1.27. The molecule has 1 fully saturated rings. The molecule has 0 atom stereocenters. The molecule has 1 aromatic carbocycles. The predicted octanol–water partition coefficient (Wildman–Crippen LogP) is 3.90. The number of nitrogens with zero attached hydrogens (tertiary/aromatic N) is 2. The van der Waals surface area contributed by atoms with Crippen molar-refractivity contribution < 1.29 is 14.3 Å². The van der Waals surface area contributed by atoms with Crippen LogP contribution in [0.2, 0.25) is 0 Å². The fourth-order valence-corrected chi connectivity index (χ4v) is 3.03. The Morgan fingerprint density at radius 1 is 1.21 bits per heavy atom. The van der Waals surface area contributed by atoms with Crippen LogP contribution >= 0.6 is 15.9 Å². The van der Waals surface area contributed by atoms with Gasteiger partial charge in [0.2, 0.25) is 0 Å². The largest absolute Gasteiger partial charge is 0.494 e. The molecule has 0 bridgehead atoms. The summed E-state index contributed by atoms with van der Waals surface area (Å²) >= 11 is 3.53. The molecule has 1 amide bonds. The molecule has 0 N–H and O–H groups in total. The summed E-state index contributed by atoms with van der Waals surface area (Å²) in [6.07, 6.45) is -0.223. The molecule has 1 aromatic rings. The Labute approximate surface area is 153 Å². The maximum atomic E-state index is 12.1. The number of amides is 1. The van der Waals surface area contributed by atoms with Gasteiger partial charge in [0.25, 0.3) is 0 Å². The molecule has 6 heteroatoms. The van der Waals surface area contributed by atoms with Crippen molar-refractivity contribution in [1.82, 2.24) is 9.80 Å². The smallest absolute Gasteiger partial charge is 0.410 e. The van der Waals surface area contributed by atoms with E-state index in [1.54, 1.807) is 4.90 Å². The fraction of sp³-hybridized carbons (Fsp3) is 0.611. The Morgan fingerprint density at radius 3 is 2.46 bits per heavy atom. The molecule has 134 valence electrons. The minimum Gasteiger partial charge on any atom is -0.494 e. The molecule has 0 spiro atoms. The third-order valence-corrected chi connectivity index (χ3v) is 4.23. The van der Waals surface area contributed by atoms with Gasteiger partial charge in [0.05, 0.1) is 6.61 Å². The van der Waals surface area contributed by atoms with Crippen LogP contribution in [0.5, 0.6) is 5.75 Å². The number of hydrogen-bond acceptors (Lipinski definition) is 4. The number of piperazine rings is 1. The molecule has 0 unspecified atom stereocenters. The van der Waals surface area contributed by atoms with Crippen molar-refractivity contribution in [1.29, 1.82) is 0 Å². The van der Waals surface area contributed by atoms with Crippen LogP contribution in [-0.4, -0.2) is 54.3 Å². The van der Waals surface area contributed by atoms with E-state index >= 15 is 0 Å². The van der Waals surface area contributed by atoms with Gasteiger partial charge in [-0.25, -0.2) is 4.79 Å². The second-order valence-electron chi connectivity index (χ2n) is 6.93. The van der Waals surface area contributed by atoms with Crippen LogP contribution in [0.25, 0.3) is 0 Å². The summed E-state index contributed by atoms with van der Waals surface area (Å²) in [6.45, 7) is 12.2. The van der Waals surface area contributed by atoms with Gasteiger partial charge in [0.15, 0.2) is 0 Å². The summed E-state index contributed by atoms with van der Waals surface area (Å²) in [5.41, 5.74) is 0.716. The van der Waals surface area contributed by atoms with E-state index in [-0.39, 0.29) is 6.09 Å². The van der Waals surface area contributed by atoms with Crippen molar-refractivity contribution in [3.8, 4) is 5.75 Å². The number of benzene rings is 1. The van der Waals surface area contributed by atoms with Crippen LogP contribution in [0, 0.1) is 0 Å². The zero-order valence-corrected chi connectivity index (χ0v) is 16.6. The van der Waals surface area contributed by atoms with Crippen molar-refractivity contribution in [3.63, 3.8) is 0 Å². The molecule has 0 saturated carbocycles. The Morgan fingerprint density at radius 2 is 1.88 bits per heavy atom. The van der Waals surface area contributed by atoms with Crippen molar-refractivity contribution in [2.75, 3.05) is 32.8 Å². The van der Waals surface area contributed by atoms with E-state index < -0.39 is 5.60 Å². The SMILES string of the molecule is CCOc1ccc(Br)cc1CN1CCN(C(=O)OC(C)(C)C)CC1. The highest BCUT2D eigenvalue weighted by molar-refractivity contribution is 9.10. The van der Waals surface area contributed by atoms with Crippen LogP contribution in [0.1, 0.15) is 33.3 Å². The van der Waals surface area contributed by atoms with E-state index in [4.69, 9.17) is 9.47 Å². The topological polar surface area (TPSA) is 42.0 Å². The normalized spacial score (nSPS) is 16.1. The van der Waals surface area contributed by atoms with E-state index in [1.807, 2.05) is 39.8 Å². The monoisotopic (exact) mass is 398 g/mol. The van der Waals surface area contributed by atoms with E-state index in [0.717, 1.165) is 35.4 Å². The lowest BCUT2D eigenvalue weighted by atomic mass is 10.1. The first-order valence-corrected chi connectivity index (χ1v) is 9.19. The minimum absolute atomic E-state index is 0.223. The third-order valence-electron chi connectivity index (χ3n) is 3.74. The highest BCUT2D eigenvalue weighted by Crippen LogP contribution is 2.25. The molecule has 5 nitrogen and oxygen atoms in total. The first-order valence-electron chi connectivity index (χ1n) is 8.40. The van der Waals surface area contributed by atoms with E-state index in [2.05, 4.69) is 26.9 Å². The molecule has 1 saturated heterocycles. The lowest BCUT2D eigenvalue weighted by Crippen LogP contribution is -2.49. The fourth-order valence-electron chi connectivity index (χ4n) is 2.62. The Kier molecular flexibility index (Phi) is 6.52. The molecule has 1 heterocycles. The molecule has 0 aromatic heterocycles.